The zero-order valence-electron chi connectivity index (χ0n) is 8.64. The molecule has 5 nitrogen and oxygen atoms in total. The summed E-state index contributed by atoms with van der Waals surface area (Å²) in [7, 11) is 0. The first-order valence-corrected chi connectivity index (χ1v) is 5.61. The first-order chi connectivity index (χ1) is 7.26. The Hall–Kier alpha value is -1.27. The zero-order chi connectivity index (χ0) is 10.8. The van der Waals surface area contributed by atoms with Gasteiger partial charge in [-0.3, -0.25) is 0 Å². The topological polar surface area (TPSA) is 63.8 Å². The number of aliphatic hydroxyl groups is 1. The molecular weight excluding hydrogens is 212 g/mol. The van der Waals surface area contributed by atoms with Gasteiger partial charge in [0.05, 0.1) is 18.0 Å². The minimum atomic E-state index is -0.0759. The number of nitrogens with zero attached hydrogens (tertiary/aromatic N) is 4. The van der Waals surface area contributed by atoms with Crippen molar-refractivity contribution in [2.75, 3.05) is 0 Å². The average Bonchev–Trinajstić information content (AvgIpc) is 2.82. The third-order valence-electron chi connectivity index (χ3n) is 2.12. The van der Waals surface area contributed by atoms with Crippen LogP contribution in [0.15, 0.2) is 5.38 Å². The van der Waals surface area contributed by atoms with Crippen molar-refractivity contribution in [3.05, 3.63) is 22.5 Å². The summed E-state index contributed by atoms with van der Waals surface area (Å²) >= 11 is 1.52. The highest BCUT2D eigenvalue weighted by Gasteiger charge is 2.13. The van der Waals surface area contributed by atoms with Gasteiger partial charge in [0.2, 0.25) is 5.13 Å². The van der Waals surface area contributed by atoms with Gasteiger partial charge < -0.3 is 5.11 Å². The predicted molar refractivity (Wildman–Crippen MR) is 57.1 cm³/mol. The van der Waals surface area contributed by atoms with Crippen LogP contribution in [0.5, 0.6) is 0 Å². The number of aromatic nitrogens is 4. The normalized spacial score (nSPS) is 10.9. The number of hydrogen-bond acceptors (Lipinski definition) is 5. The van der Waals surface area contributed by atoms with E-state index in [1.807, 2.05) is 19.2 Å². The van der Waals surface area contributed by atoms with Crippen molar-refractivity contribution in [1.29, 1.82) is 0 Å². The van der Waals surface area contributed by atoms with E-state index in [0.29, 0.717) is 5.69 Å². The maximum absolute atomic E-state index is 9.08. The highest BCUT2D eigenvalue weighted by molar-refractivity contribution is 7.12. The third kappa shape index (κ3) is 1.78. The largest absolute Gasteiger partial charge is 0.390 e. The van der Waals surface area contributed by atoms with Crippen molar-refractivity contribution in [1.82, 2.24) is 20.0 Å². The number of aliphatic hydroxyl groups excluding tert-OH is 1. The van der Waals surface area contributed by atoms with E-state index in [9.17, 15) is 0 Å². The molecule has 1 N–H and O–H groups in total. The Morgan fingerprint density at radius 1 is 1.53 bits per heavy atom. The van der Waals surface area contributed by atoms with Gasteiger partial charge in [0.15, 0.2) is 0 Å². The Labute approximate surface area is 91.4 Å². The standard InChI is InChI=1S/C9H12N4OS/c1-3-8-7(4-14)11-12-13(8)9-10-6(2)5-15-9/h5,14H,3-4H2,1-2H3. The molecule has 2 aromatic heterocycles. The summed E-state index contributed by atoms with van der Waals surface area (Å²) in [5.41, 5.74) is 2.52. The summed E-state index contributed by atoms with van der Waals surface area (Å²) in [4.78, 5) is 4.33. The fourth-order valence-corrected chi connectivity index (χ4v) is 2.17. The van der Waals surface area contributed by atoms with Crippen LogP contribution in [-0.2, 0) is 13.0 Å². The molecule has 2 aromatic rings. The van der Waals surface area contributed by atoms with Crippen molar-refractivity contribution < 1.29 is 5.11 Å². The molecule has 2 heterocycles. The van der Waals surface area contributed by atoms with Gasteiger partial charge in [-0.1, -0.05) is 12.1 Å². The van der Waals surface area contributed by atoms with E-state index in [1.165, 1.54) is 11.3 Å². The van der Waals surface area contributed by atoms with Crippen molar-refractivity contribution in [3.63, 3.8) is 0 Å². The van der Waals surface area contributed by atoms with Crippen molar-refractivity contribution in [2.45, 2.75) is 26.9 Å². The van der Waals surface area contributed by atoms with Crippen LogP contribution in [0.3, 0.4) is 0 Å². The quantitative estimate of drug-likeness (QED) is 0.847. The van der Waals surface area contributed by atoms with Gasteiger partial charge in [0.25, 0.3) is 0 Å². The number of thiazole rings is 1. The van der Waals surface area contributed by atoms with Gasteiger partial charge >= 0.3 is 0 Å². The van der Waals surface area contributed by atoms with E-state index in [-0.39, 0.29) is 6.61 Å². The predicted octanol–water partition coefficient (Wildman–Crippen LogP) is 1.09. The fourth-order valence-electron chi connectivity index (χ4n) is 1.40. The minimum Gasteiger partial charge on any atom is -0.390 e. The van der Waals surface area contributed by atoms with Crippen LogP contribution in [0, 0.1) is 6.92 Å². The summed E-state index contributed by atoms with van der Waals surface area (Å²) in [6.07, 6.45) is 0.779. The van der Waals surface area contributed by atoms with Crippen LogP contribution in [0.2, 0.25) is 0 Å². The van der Waals surface area contributed by atoms with Gasteiger partial charge in [-0.15, -0.1) is 16.4 Å². The van der Waals surface area contributed by atoms with Gasteiger partial charge in [-0.2, -0.15) is 4.68 Å². The Morgan fingerprint density at radius 3 is 2.87 bits per heavy atom. The molecule has 0 aliphatic carbocycles. The minimum absolute atomic E-state index is 0.0759. The van der Waals surface area contributed by atoms with Gasteiger partial charge in [0, 0.05) is 5.38 Å². The molecule has 6 heteroatoms. The van der Waals surface area contributed by atoms with E-state index in [1.54, 1.807) is 4.68 Å². The Bertz CT molecular complexity index is 462. The van der Waals surface area contributed by atoms with E-state index >= 15 is 0 Å². The molecule has 0 atom stereocenters. The van der Waals surface area contributed by atoms with Crippen LogP contribution < -0.4 is 0 Å². The molecule has 0 aliphatic rings. The molecule has 0 bridgehead atoms. The van der Waals surface area contributed by atoms with E-state index in [0.717, 1.165) is 22.9 Å². The van der Waals surface area contributed by atoms with E-state index in [4.69, 9.17) is 5.11 Å². The fraction of sp³-hybridized carbons (Fsp3) is 0.444. The number of aryl methyl sites for hydroxylation is 1. The molecule has 0 saturated heterocycles. The molecule has 0 amide bonds. The average molecular weight is 224 g/mol. The number of rotatable bonds is 3. The first-order valence-electron chi connectivity index (χ1n) is 4.73. The van der Waals surface area contributed by atoms with E-state index in [2.05, 4.69) is 15.3 Å². The van der Waals surface area contributed by atoms with Crippen molar-refractivity contribution in [3.8, 4) is 5.13 Å². The van der Waals surface area contributed by atoms with Crippen LogP contribution >= 0.6 is 11.3 Å². The van der Waals surface area contributed by atoms with Gasteiger partial charge in [0.1, 0.15) is 5.69 Å². The Kier molecular flexibility index (Phi) is 2.79. The molecule has 0 spiro atoms. The molecular formula is C9H12N4OS. The SMILES string of the molecule is CCc1c(CO)nnn1-c1nc(C)cs1. The summed E-state index contributed by atoms with van der Waals surface area (Å²) < 4.78 is 1.70. The highest BCUT2D eigenvalue weighted by Crippen LogP contribution is 2.17. The zero-order valence-corrected chi connectivity index (χ0v) is 9.45. The Balaban J connectivity index is 2.48. The second-order valence-electron chi connectivity index (χ2n) is 3.18. The summed E-state index contributed by atoms with van der Waals surface area (Å²) in [6, 6.07) is 0. The maximum Gasteiger partial charge on any atom is 0.212 e. The second-order valence-corrected chi connectivity index (χ2v) is 4.01. The van der Waals surface area contributed by atoms with Crippen LogP contribution in [0.1, 0.15) is 24.0 Å². The highest BCUT2D eigenvalue weighted by atomic mass is 32.1. The molecule has 0 aromatic carbocycles. The molecule has 0 fully saturated rings. The summed E-state index contributed by atoms with van der Waals surface area (Å²) in [6.45, 7) is 3.87. The van der Waals surface area contributed by atoms with Crippen LogP contribution in [0.4, 0.5) is 0 Å². The first kappa shape index (κ1) is 10.3. The maximum atomic E-state index is 9.08. The van der Waals surface area contributed by atoms with E-state index < -0.39 is 0 Å². The van der Waals surface area contributed by atoms with Crippen molar-refractivity contribution in [2.24, 2.45) is 0 Å². The van der Waals surface area contributed by atoms with Crippen molar-refractivity contribution >= 4 is 11.3 Å². The smallest absolute Gasteiger partial charge is 0.212 e. The monoisotopic (exact) mass is 224 g/mol. The molecule has 0 aliphatic heterocycles. The summed E-state index contributed by atoms with van der Waals surface area (Å²) in [5, 5.41) is 19.8. The molecule has 0 unspecified atom stereocenters. The molecule has 0 saturated carbocycles. The summed E-state index contributed by atoms with van der Waals surface area (Å²) in [5.74, 6) is 0. The molecule has 2 rings (SSSR count). The molecule has 0 radical (unpaired) electrons. The lowest BCUT2D eigenvalue weighted by atomic mass is 10.3. The molecule has 80 valence electrons. The van der Waals surface area contributed by atoms with Crippen LogP contribution in [-0.4, -0.2) is 25.1 Å². The lowest BCUT2D eigenvalue weighted by molar-refractivity contribution is 0.275. The Morgan fingerprint density at radius 2 is 2.33 bits per heavy atom. The number of hydrogen-bond donors (Lipinski definition) is 1. The van der Waals surface area contributed by atoms with Gasteiger partial charge in [-0.05, 0) is 13.3 Å². The van der Waals surface area contributed by atoms with Gasteiger partial charge in [-0.25, -0.2) is 4.98 Å². The molecule has 15 heavy (non-hydrogen) atoms. The second kappa shape index (κ2) is 4.08. The van der Waals surface area contributed by atoms with Crippen LogP contribution in [0.25, 0.3) is 5.13 Å². The lowest BCUT2D eigenvalue weighted by Gasteiger charge is -2.00. The lowest BCUT2D eigenvalue weighted by Crippen LogP contribution is -2.02. The third-order valence-corrected chi connectivity index (χ3v) is 3.05.